The van der Waals surface area contributed by atoms with Gasteiger partial charge in [-0.3, -0.25) is 9.69 Å². The van der Waals surface area contributed by atoms with Crippen LogP contribution in [0.2, 0.25) is 0 Å². The van der Waals surface area contributed by atoms with Gasteiger partial charge in [0.2, 0.25) is 5.91 Å². The summed E-state index contributed by atoms with van der Waals surface area (Å²) in [6.45, 7) is 6.00. The third-order valence-corrected chi connectivity index (χ3v) is 4.73. The van der Waals surface area contributed by atoms with Gasteiger partial charge in [0.05, 0.1) is 0 Å². The van der Waals surface area contributed by atoms with Gasteiger partial charge < -0.3 is 4.90 Å². The second-order valence-corrected chi connectivity index (χ2v) is 5.84. The first-order valence-corrected chi connectivity index (χ1v) is 7.56. The minimum Gasteiger partial charge on any atom is -0.340 e. The van der Waals surface area contributed by atoms with Gasteiger partial charge in [-0.2, -0.15) is 11.8 Å². The zero-order valence-electron chi connectivity index (χ0n) is 10.2. The lowest BCUT2D eigenvalue weighted by atomic mass is 10.1. The molecule has 4 heteroatoms. The van der Waals surface area contributed by atoms with Gasteiger partial charge in [-0.1, -0.05) is 6.92 Å². The standard InChI is InChI=1S/C12H22N2OS/c1-2-12(15)14-7-5-13(6-8-14)11-3-9-16-10-4-11/h11H,2-10H2,1H3. The number of carbonyl (C=O) groups is 1. The van der Waals surface area contributed by atoms with Crippen molar-refractivity contribution in [1.82, 2.24) is 9.80 Å². The van der Waals surface area contributed by atoms with E-state index in [2.05, 4.69) is 16.7 Å². The average Bonchev–Trinajstić information content (AvgIpc) is 2.39. The monoisotopic (exact) mass is 242 g/mol. The van der Waals surface area contributed by atoms with E-state index >= 15 is 0 Å². The summed E-state index contributed by atoms with van der Waals surface area (Å²) < 4.78 is 0. The maximum atomic E-state index is 11.6. The Morgan fingerprint density at radius 1 is 1.19 bits per heavy atom. The molecule has 0 N–H and O–H groups in total. The van der Waals surface area contributed by atoms with Gasteiger partial charge in [0, 0.05) is 38.6 Å². The van der Waals surface area contributed by atoms with E-state index in [9.17, 15) is 4.79 Å². The predicted octanol–water partition coefficient (Wildman–Crippen LogP) is 1.44. The molecule has 0 aromatic heterocycles. The maximum absolute atomic E-state index is 11.6. The molecule has 92 valence electrons. The Morgan fingerprint density at radius 3 is 2.38 bits per heavy atom. The first-order valence-electron chi connectivity index (χ1n) is 6.41. The van der Waals surface area contributed by atoms with Crippen LogP contribution in [0, 0.1) is 0 Å². The molecule has 0 saturated carbocycles. The number of thioether (sulfide) groups is 1. The molecular formula is C12H22N2OS. The summed E-state index contributed by atoms with van der Waals surface area (Å²) in [5, 5.41) is 0. The van der Waals surface area contributed by atoms with Crippen LogP contribution in [-0.2, 0) is 4.79 Å². The highest BCUT2D eigenvalue weighted by Gasteiger charge is 2.26. The van der Waals surface area contributed by atoms with Crippen molar-refractivity contribution in [3.05, 3.63) is 0 Å². The van der Waals surface area contributed by atoms with E-state index in [0.29, 0.717) is 12.3 Å². The highest BCUT2D eigenvalue weighted by atomic mass is 32.2. The van der Waals surface area contributed by atoms with Gasteiger partial charge in [-0.25, -0.2) is 0 Å². The summed E-state index contributed by atoms with van der Waals surface area (Å²) in [6, 6.07) is 0.792. The Labute approximate surface area is 103 Å². The van der Waals surface area contributed by atoms with Crippen molar-refractivity contribution in [3.63, 3.8) is 0 Å². The first kappa shape index (κ1) is 12.2. The molecular weight excluding hydrogens is 220 g/mol. The molecule has 0 aliphatic carbocycles. The highest BCUT2D eigenvalue weighted by Crippen LogP contribution is 2.22. The molecule has 0 radical (unpaired) electrons. The third-order valence-electron chi connectivity index (χ3n) is 3.68. The lowest BCUT2D eigenvalue weighted by molar-refractivity contribution is -0.132. The fraction of sp³-hybridized carbons (Fsp3) is 0.917. The Hall–Kier alpha value is -0.220. The molecule has 3 nitrogen and oxygen atoms in total. The number of hydrogen-bond donors (Lipinski definition) is 0. The summed E-state index contributed by atoms with van der Waals surface area (Å²) in [5.74, 6) is 2.95. The van der Waals surface area contributed by atoms with Crippen LogP contribution in [0.3, 0.4) is 0 Å². The topological polar surface area (TPSA) is 23.6 Å². The van der Waals surface area contributed by atoms with Gasteiger partial charge >= 0.3 is 0 Å². The van der Waals surface area contributed by atoms with Crippen molar-refractivity contribution in [2.75, 3.05) is 37.7 Å². The van der Waals surface area contributed by atoms with Crippen LogP contribution in [0.25, 0.3) is 0 Å². The average molecular weight is 242 g/mol. The second-order valence-electron chi connectivity index (χ2n) is 4.61. The van der Waals surface area contributed by atoms with Crippen LogP contribution in [0.15, 0.2) is 0 Å². The van der Waals surface area contributed by atoms with Gasteiger partial charge in [-0.05, 0) is 24.3 Å². The van der Waals surface area contributed by atoms with Crippen LogP contribution in [0.5, 0.6) is 0 Å². The number of rotatable bonds is 2. The van der Waals surface area contributed by atoms with Crippen molar-refractivity contribution in [3.8, 4) is 0 Å². The molecule has 2 aliphatic heterocycles. The number of amides is 1. The Bertz CT molecular complexity index is 233. The Balaban J connectivity index is 1.78. The lowest BCUT2D eigenvalue weighted by Crippen LogP contribution is -2.52. The third kappa shape index (κ3) is 2.92. The van der Waals surface area contributed by atoms with Crippen LogP contribution in [-0.4, -0.2) is 59.4 Å². The molecule has 0 aromatic rings. The molecule has 0 bridgehead atoms. The maximum Gasteiger partial charge on any atom is 0.222 e. The molecule has 2 fully saturated rings. The summed E-state index contributed by atoms with van der Waals surface area (Å²) >= 11 is 2.08. The fourth-order valence-electron chi connectivity index (χ4n) is 2.61. The molecule has 0 aromatic carbocycles. The van der Waals surface area contributed by atoms with E-state index in [0.717, 1.165) is 32.2 Å². The quantitative estimate of drug-likeness (QED) is 0.732. The van der Waals surface area contributed by atoms with Gasteiger partial charge in [0.1, 0.15) is 0 Å². The van der Waals surface area contributed by atoms with Gasteiger partial charge in [0.25, 0.3) is 0 Å². The number of carbonyl (C=O) groups excluding carboxylic acids is 1. The smallest absolute Gasteiger partial charge is 0.222 e. The van der Waals surface area contributed by atoms with E-state index in [1.807, 2.05) is 11.8 Å². The largest absolute Gasteiger partial charge is 0.340 e. The minimum atomic E-state index is 0.318. The highest BCUT2D eigenvalue weighted by molar-refractivity contribution is 7.99. The predicted molar refractivity (Wildman–Crippen MR) is 68.8 cm³/mol. The molecule has 2 heterocycles. The molecule has 16 heavy (non-hydrogen) atoms. The van der Waals surface area contributed by atoms with Gasteiger partial charge in [0.15, 0.2) is 0 Å². The summed E-state index contributed by atoms with van der Waals surface area (Å²) in [7, 11) is 0. The van der Waals surface area contributed by atoms with Crippen LogP contribution in [0.4, 0.5) is 0 Å². The molecule has 2 saturated heterocycles. The molecule has 0 unspecified atom stereocenters. The molecule has 0 atom stereocenters. The van der Waals surface area contributed by atoms with E-state index < -0.39 is 0 Å². The summed E-state index contributed by atoms with van der Waals surface area (Å²) in [5.41, 5.74) is 0. The SMILES string of the molecule is CCC(=O)N1CCN(C2CCSCC2)CC1. The second kappa shape index (κ2) is 5.92. The van der Waals surface area contributed by atoms with E-state index in [1.165, 1.54) is 24.3 Å². The van der Waals surface area contributed by atoms with E-state index in [1.54, 1.807) is 0 Å². The molecule has 2 rings (SSSR count). The first-order chi connectivity index (χ1) is 7.81. The van der Waals surface area contributed by atoms with Crippen molar-refractivity contribution in [2.45, 2.75) is 32.2 Å². The summed E-state index contributed by atoms with van der Waals surface area (Å²) in [4.78, 5) is 16.2. The molecule has 1 amide bonds. The van der Waals surface area contributed by atoms with Crippen LogP contribution >= 0.6 is 11.8 Å². The normalized spacial score (nSPS) is 24.7. The van der Waals surface area contributed by atoms with Crippen molar-refractivity contribution in [2.24, 2.45) is 0 Å². The van der Waals surface area contributed by atoms with Crippen molar-refractivity contribution in [1.29, 1.82) is 0 Å². The minimum absolute atomic E-state index is 0.318. The van der Waals surface area contributed by atoms with E-state index in [-0.39, 0.29) is 0 Å². The number of hydrogen-bond acceptors (Lipinski definition) is 3. The lowest BCUT2D eigenvalue weighted by Gasteiger charge is -2.40. The van der Waals surface area contributed by atoms with Gasteiger partial charge in [-0.15, -0.1) is 0 Å². The molecule has 2 aliphatic rings. The Morgan fingerprint density at radius 2 is 1.81 bits per heavy atom. The van der Waals surface area contributed by atoms with Crippen LogP contribution in [0.1, 0.15) is 26.2 Å². The van der Waals surface area contributed by atoms with Crippen molar-refractivity contribution < 1.29 is 4.79 Å². The number of piperazine rings is 1. The van der Waals surface area contributed by atoms with Crippen LogP contribution < -0.4 is 0 Å². The van der Waals surface area contributed by atoms with E-state index in [4.69, 9.17) is 0 Å². The zero-order valence-corrected chi connectivity index (χ0v) is 11.0. The zero-order chi connectivity index (χ0) is 11.4. The number of nitrogens with zero attached hydrogens (tertiary/aromatic N) is 2. The molecule has 0 spiro atoms. The summed E-state index contributed by atoms with van der Waals surface area (Å²) in [6.07, 6.45) is 3.33. The van der Waals surface area contributed by atoms with Crippen molar-refractivity contribution >= 4 is 17.7 Å². The fourth-order valence-corrected chi connectivity index (χ4v) is 3.69. The Kier molecular flexibility index (Phi) is 4.53.